The Morgan fingerprint density at radius 3 is 2.62 bits per heavy atom. The first-order valence-corrected chi connectivity index (χ1v) is 9.33. The first-order chi connectivity index (χ1) is 15.0. The second-order valence-electron chi connectivity index (χ2n) is 6.87. The fourth-order valence-corrected chi connectivity index (χ4v) is 2.96. The lowest BCUT2D eigenvalue weighted by Gasteiger charge is -2.10. The lowest BCUT2D eigenvalue weighted by molar-refractivity contribution is -0.140. The zero-order chi connectivity index (χ0) is 23.6. The maximum Gasteiger partial charge on any atom is 0.419 e. The molecule has 3 aromatic rings. The molecule has 3 rings (SSSR count). The Morgan fingerprint density at radius 2 is 2.00 bits per heavy atom. The lowest BCUT2D eigenvalue weighted by atomic mass is 10.1. The van der Waals surface area contributed by atoms with Crippen molar-refractivity contribution in [2.45, 2.75) is 32.6 Å². The molecule has 170 valence electrons. The van der Waals surface area contributed by atoms with Gasteiger partial charge in [-0.05, 0) is 24.1 Å². The van der Waals surface area contributed by atoms with E-state index in [1.807, 2.05) is 0 Å². The number of benzene rings is 1. The SMILES string of the molecule is CCCn1c(=O)[nH]c(N)c(NC(=O)c2cnn(Cc3ccc(C(F)(F)F)c(F)c3)c2)c1=O. The quantitative estimate of drug-likeness (QED) is 0.492. The molecule has 0 saturated carbocycles. The molecule has 0 aliphatic rings. The molecule has 0 atom stereocenters. The summed E-state index contributed by atoms with van der Waals surface area (Å²) in [4.78, 5) is 39.1. The maximum absolute atomic E-state index is 13.7. The molecule has 2 heterocycles. The first-order valence-electron chi connectivity index (χ1n) is 9.33. The van der Waals surface area contributed by atoms with Gasteiger partial charge in [0.05, 0.1) is 23.9 Å². The third-order valence-electron chi connectivity index (χ3n) is 4.48. The molecule has 4 N–H and O–H groups in total. The fraction of sp³-hybridized carbons (Fsp3) is 0.263. The van der Waals surface area contributed by atoms with Gasteiger partial charge in [0.2, 0.25) is 0 Å². The van der Waals surface area contributed by atoms with E-state index < -0.39 is 34.7 Å². The van der Waals surface area contributed by atoms with Gasteiger partial charge in [-0.2, -0.15) is 18.3 Å². The highest BCUT2D eigenvalue weighted by Crippen LogP contribution is 2.31. The van der Waals surface area contributed by atoms with Crippen molar-refractivity contribution in [2.75, 3.05) is 11.1 Å². The number of nitrogen functional groups attached to an aromatic ring is 1. The number of halogens is 4. The summed E-state index contributed by atoms with van der Waals surface area (Å²) in [5, 5.41) is 6.25. The summed E-state index contributed by atoms with van der Waals surface area (Å²) in [6.45, 7) is 1.78. The molecule has 0 radical (unpaired) electrons. The van der Waals surface area contributed by atoms with Crippen LogP contribution in [-0.4, -0.2) is 25.2 Å². The monoisotopic (exact) mass is 454 g/mol. The van der Waals surface area contributed by atoms with Crippen LogP contribution in [0.2, 0.25) is 0 Å². The third kappa shape index (κ3) is 4.71. The van der Waals surface area contributed by atoms with Crippen LogP contribution in [0.25, 0.3) is 0 Å². The molecule has 9 nitrogen and oxygen atoms in total. The zero-order valence-electron chi connectivity index (χ0n) is 16.7. The van der Waals surface area contributed by atoms with Crippen LogP contribution >= 0.6 is 0 Å². The van der Waals surface area contributed by atoms with Crippen LogP contribution in [0.4, 0.5) is 29.1 Å². The number of aromatic amines is 1. The van der Waals surface area contributed by atoms with E-state index >= 15 is 0 Å². The Balaban J connectivity index is 1.79. The van der Waals surface area contributed by atoms with Gasteiger partial charge in [-0.1, -0.05) is 13.0 Å². The Bertz CT molecular complexity index is 1280. The summed E-state index contributed by atoms with van der Waals surface area (Å²) in [6.07, 6.45) is -1.89. The van der Waals surface area contributed by atoms with Crippen LogP contribution < -0.4 is 22.3 Å². The van der Waals surface area contributed by atoms with Crippen molar-refractivity contribution in [2.24, 2.45) is 0 Å². The van der Waals surface area contributed by atoms with E-state index in [4.69, 9.17) is 5.73 Å². The smallest absolute Gasteiger partial charge is 0.383 e. The number of alkyl halides is 3. The number of rotatable bonds is 6. The van der Waals surface area contributed by atoms with E-state index in [9.17, 15) is 31.9 Å². The Hall–Kier alpha value is -3.90. The van der Waals surface area contributed by atoms with Crippen molar-refractivity contribution in [1.29, 1.82) is 0 Å². The number of nitrogens with zero attached hydrogens (tertiary/aromatic N) is 3. The number of amides is 1. The van der Waals surface area contributed by atoms with E-state index in [0.29, 0.717) is 12.5 Å². The van der Waals surface area contributed by atoms with Crippen LogP contribution in [0, 0.1) is 5.82 Å². The topological polar surface area (TPSA) is 128 Å². The van der Waals surface area contributed by atoms with E-state index in [-0.39, 0.29) is 35.7 Å². The minimum Gasteiger partial charge on any atom is -0.383 e. The molecule has 0 aliphatic carbocycles. The minimum atomic E-state index is -4.81. The number of nitrogens with two attached hydrogens (primary N) is 1. The van der Waals surface area contributed by atoms with E-state index in [1.165, 1.54) is 10.9 Å². The predicted octanol–water partition coefficient (Wildman–Crippen LogP) is 2.18. The lowest BCUT2D eigenvalue weighted by Crippen LogP contribution is -2.38. The standard InChI is InChI=1S/C19H18F4N6O3/c1-2-5-29-17(31)14(15(24)27-18(29)32)26-16(30)11-7-25-28(9-11)8-10-3-4-12(13(20)6-10)19(21,22)23/h3-4,6-7,9H,2,5,8,24H2,1H3,(H,26,30)(H,27,32). The Labute approximate surface area is 177 Å². The van der Waals surface area contributed by atoms with Gasteiger partial charge in [-0.15, -0.1) is 0 Å². The first kappa shape index (κ1) is 22.8. The summed E-state index contributed by atoms with van der Waals surface area (Å²) in [6, 6.07) is 2.47. The van der Waals surface area contributed by atoms with E-state index in [1.54, 1.807) is 6.92 Å². The number of carbonyl (C=O) groups excluding carboxylic acids is 1. The van der Waals surface area contributed by atoms with Crippen LogP contribution in [0.5, 0.6) is 0 Å². The van der Waals surface area contributed by atoms with Gasteiger partial charge in [-0.3, -0.25) is 23.8 Å². The number of hydrogen-bond acceptors (Lipinski definition) is 5. The number of H-pyrrole nitrogens is 1. The maximum atomic E-state index is 13.7. The van der Waals surface area contributed by atoms with E-state index in [2.05, 4.69) is 15.4 Å². The number of carbonyl (C=O) groups is 1. The summed E-state index contributed by atoms with van der Waals surface area (Å²) >= 11 is 0. The minimum absolute atomic E-state index is 0.00410. The Kier molecular flexibility index (Phi) is 6.18. The molecule has 0 spiro atoms. The van der Waals surface area contributed by atoms with Crippen molar-refractivity contribution in [3.05, 3.63) is 73.9 Å². The molecule has 0 bridgehead atoms. The normalized spacial score (nSPS) is 11.5. The van der Waals surface area contributed by atoms with Crippen LogP contribution in [0.15, 0.2) is 40.2 Å². The molecule has 1 amide bonds. The molecule has 0 saturated heterocycles. The zero-order valence-corrected chi connectivity index (χ0v) is 16.7. The fourth-order valence-electron chi connectivity index (χ4n) is 2.96. The van der Waals surface area contributed by atoms with Crippen molar-refractivity contribution in [1.82, 2.24) is 19.3 Å². The number of hydrogen-bond donors (Lipinski definition) is 3. The number of anilines is 2. The van der Waals surface area contributed by atoms with Gasteiger partial charge in [-0.25, -0.2) is 9.18 Å². The molecule has 1 aromatic carbocycles. The van der Waals surface area contributed by atoms with Gasteiger partial charge in [0.25, 0.3) is 11.5 Å². The average Bonchev–Trinajstić information content (AvgIpc) is 3.16. The number of aromatic nitrogens is 4. The second kappa shape index (κ2) is 8.69. The van der Waals surface area contributed by atoms with Crippen LogP contribution in [0.1, 0.15) is 34.8 Å². The summed E-state index contributed by atoms with van der Waals surface area (Å²) in [5.74, 6) is -2.49. The summed E-state index contributed by atoms with van der Waals surface area (Å²) in [5.41, 5.74) is 2.69. The van der Waals surface area contributed by atoms with Crippen molar-refractivity contribution in [3.8, 4) is 0 Å². The molecular weight excluding hydrogens is 436 g/mol. The predicted molar refractivity (Wildman–Crippen MR) is 107 cm³/mol. The molecule has 13 heteroatoms. The second-order valence-corrected chi connectivity index (χ2v) is 6.87. The highest BCUT2D eigenvalue weighted by molar-refractivity contribution is 6.05. The van der Waals surface area contributed by atoms with Crippen molar-refractivity contribution >= 4 is 17.4 Å². The summed E-state index contributed by atoms with van der Waals surface area (Å²) in [7, 11) is 0. The van der Waals surface area contributed by atoms with Gasteiger partial charge in [0.15, 0.2) is 0 Å². The molecule has 0 fully saturated rings. The molecule has 0 unspecified atom stereocenters. The van der Waals surface area contributed by atoms with Crippen LogP contribution in [0.3, 0.4) is 0 Å². The van der Waals surface area contributed by atoms with E-state index in [0.717, 1.165) is 22.9 Å². The van der Waals surface area contributed by atoms with Crippen molar-refractivity contribution in [3.63, 3.8) is 0 Å². The molecular formula is C19H18F4N6O3. The molecule has 32 heavy (non-hydrogen) atoms. The van der Waals surface area contributed by atoms with Gasteiger partial charge >= 0.3 is 11.9 Å². The highest BCUT2D eigenvalue weighted by atomic mass is 19.4. The number of nitrogens with one attached hydrogen (secondary N) is 2. The Morgan fingerprint density at radius 1 is 1.28 bits per heavy atom. The molecule has 2 aromatic heterocycles. The third-order valence-corrected chi connectivity index (χ3v) is 4.48. The van der Waals surface area contributed by atoms with Gasteiger partial charge < -0.3 is 11.1 Å². The molecule has 0 aliphatic heterocycles. The largest absolute Gasteiger partial charge is 0.419 e. The van der Waals surface area contributed by atoms with Crippen molar-refractivity contribution < 1.29 is 22.4 Å². The summed E-state index contributed by atoms with van der Waals surface area (Å²) < 4.78 is 53.9. The van der Waals surface area contributed by atoms with Gasteiger partial charge in [0, 0.05) is 12.7 Å². The van der Waals surface area contributed by atoms with Crippen LogP contribution in [-0.2, 0) is 19.3 Å². The highest BCUT2D eigenvalue weighted by Gasteiger charge is 2.33. The van der Waals surface area contributed by atoms with Gasteiger partial charge in [0.1, 0.15) is 17.3 Å². The average molecular weight is 454 g/mol.